The predicted octanol–water partition coefficient (Wildman–Crippen LogP) is 4.26. The molecule has 6 heteroatoms. The van der Waals surface area contributed by atoms with Crippen LogP contribution in [0.3, 0.4) is 0 Å². The van der Waals surface area contributed by atoms with Crippen LogP contribution in [0.15, 0.2) is 41.6 Å². The molecular weight excluding hydrogens is 429 g/mol. The standard InChI is InChI=1S/C19H20IN3O2/c1-3-4-5-7-23-8-6-13-9-16(17(20)10-15(13)19(23)24)18-21-11-14(25-2)12-22-18/h6,8-12H,3-5,7H2,1-2H3. The van der Waals surface area contributed by atoms with Gasteiger partial charge in [0.25, 0.3) is 5.56 Å². The first kappa shape index (κ1) is 17.8. The number of unbranched alkanes of at least 4 members (excludes halogenated alkanes) is 2. The van der Waals surface area contributed by atoms with Crippen LogP contribution >= 0.6 is 22.6 Å². The van der Waals surface area contributed by atoms with E-state index in [4.69, 9.17) is 4.74 Å². The molecule has 3 aromatic rings. The molecule has 0 saturated heterocycles. The summed E-state index contributed by atoms with van der Waals surface area (Å²) in [5, 5.41) is 1.65. The van der Waals surface area contributed by atoms with Gasteiger partial charge in [-0.15, -0.1) is 0 Å². The average Bonchev–Trinajstić information content (AvgIpc) is 2.64. The number of hydrogen-bond acceptors (Lipinski definition) is 4. The first-order valence-corrected chi connectivity index (χ1v) is 9.41. The van der Waals surface area contributed by atoms with Gasteiger partial charge in [0, 0.05) is 27.3 Å². The van der Waals surface area contributed by atoms with E-state index >= 15 is 0 Å². The van der Waals surface area contributed by atoms with Crippen molar-refractivity contribution in [2.45, 2.75) is 32.7 Å². The molecule has 1 aromatic carbocycles. The van der Waals surface area contributed by atoms with Gasteiger partial charge in [-0.3, -0.25) is 4.79 Å². The number of fused-ring (bicyclic) bond motifs is 1. The molecule has 0 radical (unpaired) electrons. The number of methoxy groups -OCH3 is 1. The van der Waals surface area contributed by atoms with E-state index < -0.39 is 0 Å². The molecule has 0 unspecified atom stereocenters. The molecule has 0 bridgehead atoms. The zero-order chi connectivity index (χ0) is 17.8. The number of hydrogen-bond donors (Lipinski definition) is 0. The van der Waals surface area contributed by atoms with Crippen molar-refractivity contribution in [3.8, 4) is 17.1 Å². The summed E-state index contributed by atoms with van der Waals surface area (Å²) in [6.07, 6.45) is 8.48. The first-order valence-electron chi connectivity index (χ1n) is 8.33. The molecule has 130 valence electrons. The average molecular weight is 449 g/mol. The molecular formula is C19H20IN3O2. The summed E-state index contributed by atoms with van der Waals surface area (Å²) in [6.45, 7) is 2.93. The molecule has 0 amide bonds. The largest absolute Gasteiger partial charge is 0.494 e. The highest BCUT2D eigenvalue weighted by atomic mass is 127. The highest BCUT2D eigenvalue weighted by molar-refractivity contribution is 14.1. The van der Waals surface area contributed by atoms with Crippen LogP contribution in [-0.4, -0.2) is 21.6 Å². The topological polar surface area (TPSA) is 57.0 Å². The maximum Gasteiger partial charge on any atom is 0.258 e. The van der Waals surface area contributed by atoms with E-state index in [1.54, 1.807) is 24.1 Å². The lowest BCUT2D eigenvalue weighted by atomic mass is 10.1. The van der Waals surface area contributed by atoms with Crippen molar-refractivity contribution in [2.75, 3.05) is 7.11 Å². The van der Waals surface area contributed by atoms with E-state index in [0.29, 0.717) is 11.6 Å². The minimum atomic E-state index is 0.0636. The monoisotopic (exact) mass is 449 g/mol. The summed E-state index contributed by atoms with van der Waals surface area (Å²) in [5.74, 6) is 1.24. The Morgan fingerprint density at radius 2 is 1.96 bits per heavy atom. The fourth-order valence-corrected chi connectivity index (χ4v) is 3.45. The van der Waals surface area contributed by atoms with E-state index in [-0.39, 0.29) is 5.56 Å². The van der Waals surface area contributed by atoms with Crippen LogP contribution in [0.2, 0.25) is 0 Å². The normalized spacial score (nSPS) is 11.0. The maximum absolute atomic E-state index is 12.7. The van der Waals surface area contributed by atoms with Crippen LogP contribution in [0.1, 0.15) is 26.2 Å². The smallest absolute Gasteiger partial charge is 0.258 e. The number of pyridine rings is 1. The second-order valence-corrected chi connectivity index (χ2v) is 7.05. The molecule has 0 N–H and O–H groups in total. The van der Waals surface area contributed by atoms with E-state index in [2.05, 4.69) is 39.5 Å². The Morgan fingerprint density at radius 3 is 2.64 bits per heavy atom. The Bertz CT molecular complexity index is 936. The quantitative estimate of drug-likeness (QED) is 0.417. The second kappa shape index (κ2) is 7.95. The van der Waals surface area contributed by atoms with Crippen LogP contribution in [0, 0.1) is 3.57 Å². The summed E-state index contributed by atoms with van der Waals surface area (Å²) < 4.78 is 7.86. The Balaban J connectivity index is 2.01. The molecule has 5 nitrogen and oxygen atoms in total. The Labute approximate surface area is 160 Å². The summed E-state index contributed by atoms with van der Waals surface area (Å²) in [7, 11) is 1.59. The molecule has 0 atom stereocenters. The second-order valence-electron chi connectivity index (χ2n) is 5.89. The van der Waals surface area contributed by atoms with Crippen LogP contribution in [-0.2, 0) is 6.54 Å². The van der Waals surface area contributed by atoms with Crippen molar-refractivity contribution in [3.05, 3.63) is 50.7 Å². The van der Waals surface area contributed by atoms with Gasteiger partial charge in [-0.2, -0.15) is 0 Å². The maximum atomic E-state index is 12.7. The van der Waals surface area contributed by atoms with Gasteiger partial charge in [-0.05, 0) is 52.6 Å². The van der Waals surface area contributed by atoms with Gasteiger partial charge >= 0.3 is 0 Å². The van der Waals surface area contributed by atoms with Crippen LogP contribution < -0.4 is 10.3 Å². The molecule has 25 heavy (non-hydrogen) atoms. The zero-order valence-electron chi connectivity index (χ0n) is 14.3. The van der Waals surface area contributed by atoms with E-state index in [0.717, 1.165) is 45.7 Å². The zero-order valence-corrected chi connectivity index (χ0v) is 16.5. The van der Waals surface area contributed by atoms with Gasteiger partial charge in [0.2, 0.25) is 0 Å². The molecule has 0 spiro atoms. The number of rotatable bonds is 6. The SMILES string of the molecule is CCCCCn1ccc2cc(-c3ncc(OC)cn3)c(I)cc2c1=O. The van der Waals surface area contributed by atoms with E-state index in [9.17, 15) is 4.79 Å². The summed E-state index contributed by atoms with van der Waals surface area (Å²) in [5.41, 5.74) is 0.979. The Morgan fingerprint density at radius 1 is 1.20 bits per heavy atom. The first-order chi connectivity index (χ1) is 12.1. The highest BCUT2D eigenvalue weighted by Gasteiger charge is 2.11. The van der Waals surface area contributed by atoms with Crippen LogP contribution in [0.4, 0.5) is 0 Å². The minimum absolute atomic E-state index is 0.0636. The molecule has 0 aliphatic heterocycles. The molecule has 3 rings (SSSR count). The number of halogens is 1. The predicted molar refractivity (Wildman–Crippen MR) is 108 cm³/mol. The van der Waals surface area contributed by atoms with E-state index in [1.807, 2.05) is 24.4 Å². The lowest BCUT2D eigenvalue weighted by Crippen LogP contribution is -2.19. The molecule has 0 aliphatic rings. The van der Waals surface area contributed by atoms with Crippen molar-refractivity contribution >= 4 is 33.4 Å². The van der Waals surface area contributed by atoms with Crippen molar-refractivity contribution in [2.24, 2.45) is 0 Å². The van der Waals surface area contributed by atoms with Gasteiger partial charge in [-0.1, -0.05) is 19.8 Å². The van der Waals surface area contributed by atoms with E-state index in [1.165, 1.54) is 0 Å². The number of nitrogens with zero attached hydrogens (tertiary/aromatic N) is 3. The fraction of sp³-hybridized carbons (Fsp3) is 0.316. The lowest BCUT2D eigenvalue weighted by Gasteiger charge is -2.10. The third-order valence-electron chi connectivity index (χ3n) is 4.17. The minimum Gasteiger partial charge on any atom is -0.494 e. The van der Waals surface area contributed by atoms with Crippen molar-refractivity contribution in [3.63, 3.8) is 0 Å². The van der Waals surface area contributed by atoms with Gasteiger partial charge in [-0.25, -0.2) is 9.97 Å². The van der Waals surface area contributed by atoms with Crippen LogP contribution in [0.5, 0.6) is 5.75 Å². The van der Waals surface area contributed by atoms with Gasteiger partial charge < -0.3 is 9.30 Å². The molecule has 2 heterocycles. The Kier molecular flexibility index (Phi) is 5.67. The van der Waals surface area contributed by atoms with Gasteiger partial charge in [0.1, 0.15) is 0 Å². The lowest BCUT2D eigenvalue weighted by molar-refractivity contribution is 0.411. The van der Waals surface area contributed by atoms with Crippen molar-refractivity contribution in [1.29, 1.82) is 0 Å². The summed E-state index contributed by atoms with van der Waals surface area (Å²) >= 11 is 2.23. The molecule has 0 aliphatic carbocycles. The molecule has 0 saturated carbocycles. The number of aryl methyl sites for hydroxylation is 1. The number of benzene rings is 1. The third-order valence-corrected chi connectivity index (χ3v) is 5.06. The van der Waals surface area contributed by atoms with Gasteiger partial charge in [0.05, 0.1) is 19.5 Å². The van der Waals surface area contributed by atoms with Crippen molar-refractivity contribution < 1.29 is 4.74 Å². The number of ether oxygens (including phenoxy) is 1. The van der Waals surface area contributed by atoms with Crippen molar-refractivity contribution in [1.82, 2.24) is 14.5 Å². The summed E-state index contributed by atoms with van der Waals surface area (Å²) in [4.78, 5) is 21.4. The summed E-state index contributed by atoms with van der Waals surface area (Å²) in [6, 6.07) is 5.90. The molecule has 0 fully saturated rings. The van der Waals surface area contributed by atoms with Gasteiger partial charge in [0.15, 0.2) is 11.6 Å². The molecule has 2 aromatic heterocycles. The number of aromatic nitrogens is 3. The van der Waals surface area contributed by atoms with Crippen LogP contribution in [0.25, 0.3) is 22.2 Å². The Hall–Kier alpha value is -1.96. The third kappa shape index (κ3) is 3.84. The fourth-order valence-electron chi connectivity index (χ4n) is 2.75. The highest BCUT2D eigenvalue weighted by Crippen LogP contribution is 2.27.